The molecule has 0 radical (unpaired) electrons. The first-order valence-corrected chi connectivity index (χ1v) is 11.3. The van der Waals surface area contributed by atoms with Crippen molar-refractivity contribution in [1.82, 2.24) is 5.01 Å². The molecule has 188 valence electrons. The van der Waals surface area contributed by atoms with Crippen molar-refractivity contribution in [3.8, 4) is 11.5 Å². The standard InChI is InChI=1S/C25H28F3N3O4/c1-4-6-22(32)29-19-10-7-16(8-11-19)15-31-23(33)14-17(5-2)24(30-31)18-9-12-20(21(13-18)34-3)35-25(26,27)28/h7-13,17H,4-6,14-15H2,1-3H3,(H,29,32). The number of hydrogen-bond acceptors (Lipinski definition) is 5. The summed E-state index contributed by atoms with van der Waals surface area (Å²) in [5, 5.41) is 8.74. The SMILES string of the molecule is CCCC(=O)Nc1ccc(CN2N=C(c3ccc(OC(F)(F)F)c(OC)c3)C(CC)CC2=O)cc1. The second-order valence-corrected chi connectivity index (χ2v) is 8.15. The number of amides is 2. The summed E-state index contributed by atoms with van der Waals surface area (Å²) in [4.78, 5) is 24.5. The fourth-order valence-electron chi connectivity index (χ4n) is 3.79. The van der Waals surface area contributed by atoms with Crippen LogP contribution in [0.15, 0.2) is 47.6 Å². The third-order valence-corrected chi connectivity index (χ3v) is 5.55. The second kappa shape index (κ2) is 11.2. The van der Waals surface area contributed by atoms with Crippen molar-refractivity contribution in [3.05, 3.63) is 53.6 Å². The Morgan fingerprint density at radius 2 is 1.86 bits per heavy atom. The van der Waals surface area contributed by atoms with Crippen LogP contribution >= 0.6 is 0 Å². The Balaban J connectivity index is 1.84. The lowest BCUT2D eigenvalue weighted by atomic mass is 9.89. The Hall–Kier alpha value is -3.56. The van der Waals surface area contributed by atoms with Crippen molar-refractivity contribution in [3.63, 3.8) is 0 Å². The molecule has 0 bridgehead atoms. The first-order valence-electron chi connectivity index (χ1n) is 11.3. The molecule has 1 aliphatic rings. The van der Waals surface area contributed by atoms with Gasteiger partial charge in [-0.1, -0.05) is 26.0 Å². The van der Waals surface area contributed by atoms with Gasteiger partial charge in [0.05, 0.1) is 19.4 Å². The van der Waals surface area contributed by atoms with E-state index in [-0.39, 0.29) is 36.4 Å². The largest absolute Gasteiger partial charge is 0.573 e. The zero-order valence-electron chi connectivity index (χ0n) is 19.8. The van der Waals surface area contributed by atoms with Gasteiger partial charge in [0.25, 0.3) is 0 Å². The lowest BCUT2D eigenvalue weighted by Crippen LogP contribution is -2.36. The van der Waals surface area contributed by atoms with E-state index in [1.807, 2.05) is 26.0 Å². The first kappa shape index (κ1) is 26.1. The van der Waals surface area contributed by atoms with Gasteiger partial charge in [0.2, 0.25) is 11.8 Å². The van der Waals surface area contributed by atoms with Crippen LogP contribution in [0.1, 0.15) is 50.7 Å². The number of nitrogens with one attached hydrogen (secondary N) is 1. The molecule has 7 nitrogen and oxygen atoms in total. The number of hydrogen-bond donors (Lipinski definition) is 1. The first-order chi connectivity index (χ1) is 16.6. The molecule has 35 heavy (non-hydrogen) atoms. The van der Waals surface area contributed by atoms with Crippen molar-refractivity contribution < 1.29 is 32.2 Å². The Bertz CT molecular complexity index is 1080. The fraction of sp³-hybridized carbons (Fsp3) is 0.400. The summed E-state index contributed by atoms with van der Waals surface area (Å²) >= 11 is 0. The van der Waals surface area contributed by atoms with E-state index < -0.39 is 12.1 Å². The van der Waals surface area contributed by atoms with E-state index in [1.54, 1.807) is 12.1 Å². The van der Waals surface area contributed by atoms with Crippen LogP contribution in [-0.2, 0) is 16.1 Å². The molecule has 2 amide bonds. The van der Waals surface area contributed by atoms with Crippen LogP contribution in [0.2, 0.25) is 0 Å². The van der Waals surface area contributed by atoms with E-state index >= 15 is 0 Å². The molecule has 0 fully saturated rings. The maximum Gasteiger partial charge on any atom is 0.573 e. The number of ether oxygens (including phenoxy) is 2. The minimum absolute atomic E-state index is 0.0617. The smallest absolute Gasteiger partial charge is 0.493 e. The molecule has 1 heterocycles. The minimum Gasteiger partial charge on any atom is -0.493 e. The van der Waals surface area contributed by atoms with Crippen LogP contribution in [0.5, 0.6) is 11.5 Å². The Morgan fingerprint density at radius 3 is 2.46 bits per heavy atom. The lowest BCUT2D eigenvalue weighted by Gasteiger charge is -2.29. The molecule has 3 rings (SSSR count). The molecule has 1 N–H and O–H groups in total. The molecular formula is C25H28F3N3O4. The summed E-state index contributed by atoms with van der Waals surface area (Å²) in [7, 11) is 1.26. The van der Waals surface area contributed by atoms with Gasteiger partial charge in [-0.25, -0.2) is 5.01 Å². The van der Waals surface area contributed by atoms with Crippen molar-refractivity contribution in [2.75, 3.05) is 12.4 Å². The molecule has 1 aliphatic heterocycles. The predicted octanol–water partition coefficient (Wildman–Crippen LogP) is 5.50. The molecule has 0 aliphatic carbocycles. The van der Waals surface area contributed by atoms with Gasteiger partial charge in [0, 0.05) is 30.0 Å². The topological polar surface area (TPSA) is 80.2 Å². The van der Waals surface area contributed by atoms with Crippen LogP contribution in [0.25, 0.3) is 0 Å². The summed E-state index contributed by atoms with van der Waals surface area (Å²) in [6.45, 7) is 4.07. The van der Waals surface area contributed by atoms with Gasteiger partial charge in [-0.2, -0.15) is 5.10 Å². The molecule has 2 aromatic rings. The molecule has 1 unspecified atom stereocenters. The Kier molecular flexibility index (Phi) is 8.37. The Morgan fingerprint density at radius 1 is 1.14 bits per heavy atom. The van der Waals surface area contributed by atoms with Crippen molar-refractivity contribution in [1.29, 1.82) is 0 Å². The number of benzene rings is 2. The molecule has 0 aromatic heterocycles. The summed E-state index contributed by atoms with van der Waals surface area (Å²) in [5.41, 5.74) is 2.62. The number of alkyl halides is 3. The van der Waals surface area contributed by atoms with E-state index in [0.717, 1.165) is 12.0 Å². The fourth-order valence-corrected chi connectivity index (χ4v) is 3.79. The van der Waals surface area contributed by atoms with E-state index in [2.05, 4.69) is 15.2 Å². The monoisotopic (exact) mass is 491 g/mol. The van der Waals surface area contributed by atoms with E-state index in [0.29, 0.717) is 29.8 Å². The molecule has 0 spiro atoms. The van der Waals surface area contributed by atoms with Crippen LogP contribution in [0.3, 0.4) is 0 Å². The highest BCUT2D eigenvalue weighted by molar-refractivity contribution is 6.06. The van der Waals surface area contributed by atoms with Gasteiger partial charge in [-0.3, -0.25) is 9.59 Å². The average Bonchev–Trinajstić information content (AvgIpc) is 2.81. The van der Waals surface area contributed by atoms with Crippen molar-refractivity contribution in [2.24, 2.45) is 11.0 Å². The minimum atomic E-state index is -4.85. The maximum atomic E-state index is 12.8. The zero-order chi connectivity index (χ0) is 25.6. The number of carbonyl (C=O) groups excluding carboxylic acids is 2. The average molecular weight is 492 g/mol. The highest BCUT2D eigenvalue weighted by Crippen LogP contribution is 2.35. The summed E-state index contributed by atoms with van der Waals surface area (Å²) in [5.74, 6) is -0.930. The highest BCUT2D eigenvalue weighted by Gasteiger charge is 2.33. The third-order valence-electron chi connectivity index (χ3n) is 5.55. The van der Waals surface area contributed by atoms with Crippen LogP contribution in [0, 0.1) is 5.92 Å². The number of methoxy groups -OCH3 is 1. The molecule has 1 atom stereocenters. The van der Waals surface area contributed by atoms with Gasteiger partial charge < -0.3 is 14.8 Å². The predicted molar refractivity (Wildman–Crippen MR) is 125 cm³/mol. The van der Waals surface area contributed by atoms with Gasteiger partial charge in [-0.15, -0.1) is 13.2 Å². The number of hydrazone groups is 1. The summed E-state index contributed by atoms with van der Waals surface area (Å²) in [6, 6.07) is 11.2. The summed E-state index contributed by atoms with van der Waals surface area (Å²) in [6.07, 6.45) is -2.80. The molecule has 10 heteroatoms. The number of carbonyl (C=O) groups is 2. The normalized spacial score (nSPS) is 16.1. The molecule has 0 saturated carbocycles. The third kappa shape index (κ3) is 6.97. The van der Waals surface area contributed by atoms with E-state index in [4.69, 9.17) is 4.74 Å². The molecular weight excluding hydrogens is 463 g/mol. The van der Waals surface area contributed by atoms with Gasteiger partial charge >= 0.3 is 6.36 Å². The summed E-state index contributed by atoms with van der Waals surface area (Å²) < 4.78 is 47.2. The van der Waals surface area contributed by atoms with Crippen LogP contribution in [0.4, 0.5) is 18.9 Å². The second-order valence-electron chi connectivity index (χ2n) is 8.15. The number of rotatable bonds is 9. The zero-order valence-corrected chi connectivity index (χ0v) is 19.8. The maximum absolute atomic E-state index is 12.8. The van der Waals surface area contributed by atoms with Crippen LogP contribution < -0.4 is 14.8 Å². The van der Waals surface area contributed by atoms with Crippen molar-refractivity contribution in [2.45, 2.75) is 52.4 Å². The van der Waals surface area contributed by atoms with Gasteiger partial charge in [-0.05, 0) is 48.7 Å². The van der Waals surface area contributed by atoms with Gasteiger partial charge in [0.15, 0.2) is 11.5 Å². The molecule has 2 aromatic carbocycles. The van der Waals surface area contributed by atoms with E-state index in [1.165, 1.54) is 30.3 Å². The quantitative estimate of drug-likeness (QED) is 0.503. The number of nitrogens with zero attached hydrogens (tertiary/aromatic N) is 2. The lowest BCUT2D eigenvalue weighted by molar-refractivity contribution is -0.275. The highest BCUT2D eigenvalue weighted by atomic mass is 19.4. The van der Waals surface area contributed by atoms with Gasteiger partial charge in [0.1, 0.15) is 0 Å². The van der Waals surface area contributed by atoms with Crippen LogP contribution in [-0.4, -0.2) is 36.0 Å². The number of anilines is 1. The van der Waals surface area contributed by atoms with Crippen molar-refractivity contribution >= 4 is 23.2 Å². The Labute approximate surface area is 201 Å². The molecule has 0 saturated heterocycles. The van der Waals surface area contributed by atoms with E-state index in [9.17, 15) is 22.8 Å². The number of halogens is 3.